The second kappa shape index (κ2) is 8.27. The first-order valence-electron chi connectivity index (χ1n) is 9.77. The number of hydrogen-bond acceptors (Lipinski definition) is 4. The van der Waals surface area contributed by atoms with Crippen molar-refractivity contribution in [3.05, 3.63) is 59.7 Å². The Labute approximate surface area is 180 Å². The van der Waals surface area contributed by atoms with Gasteiger partial charge in [-0.15, -0.1) is 0 Å². The van der Waals surface area contributed by atoms with E-state index in [4.69, 9.17) is 0 Å². The number of rotatable bonds is 5. The lowest BCUT2D eigenvalue weighted by Gasteiger charge is -2.38. The maximum Gasteiger partial charge on any atom is 0.347 e. The molecule has 0 bridgehead atoms. The molecule has 0 radical (unpaired) electrons. The number of amides is 4. The van der Waals surface area contributed by atoms with Gasteiger partial charge in [0.25, 0.3) is 0 Å². The summed E-state index contributed by atoms with van der Waals surface area (Å²) in [4.78, 5) is 39.8. The number of carbonyl (C=O) groups is 3. The van der Waals surface area contributed by atoms with Crippen molar-refractivity contribution in [1.29, 1.82) is 0 Å². The summed E-state index contributed by atoms with van der Waals surface area (Å²) in [6.07, 6.45) is -1.17. The number of carboxylic acid groups (broad SMARTS) is 1. The molecule has 0 saturated carbocycles. The first-order valence-corrected chi connectivity index (χ1v) is 9.77. The highest BCUT2D eigenvalue weighted by Crippen LogP contribution is 2.37. The number of carboxylic acids is 1. The number of hydroxylamine groups is 2. The van der Waals surface area contributed by atoms with Gasteiger partial charge in [0.05, 0.1) is 5.54 Å². The highest BCUT2D eigenvalue weighted by molar-refractivity contribution is 5.99. The molecule has 9 heteroatoms. The highest BCUT2D eigenvalue weighted by atomic mass is 16.5. The minimum absolute atomic E-state index is 0.434. The molecule has 1 aliphatic heterocycles. The summed E-state index contributed by atoms with van der Waals surface area (Å²) < 4.78 is 0. The van der Waals surface area contributed by atoms with E-state index in [0.29, 0.717) is 16.4 Å². The van der Waals surface area contributed by atoms with E-state index in [0.717, 1.165) is 16.0 Å². The van der Waals surface area contributed by atoms with Crippen molar-refractivity contribution in [3.63, 3.8) is 0 Å². The molecule has 9 nitrogen and oxygen atoms in total. The summed E-state index contributed by atoms with van der Waals surface area (Å²) in [6, 6.07) is 12.5. The third kappa shape index (κ3) is 4.31. The summed E-state index contributed by atoms with van der Waals surface area (Å²) in [5.41, 5.74) is 1.67. The van der Waals surface area contributed by atoms with Crippen LogP contribution in [0, 0.1) is 13.8 Å². The van der Waals surface area contributed by atoms with E-state index in [1.165, 1.54) is 4.90 Å². The summed E-state index contributed by atoms with van der Waals surface area (Å²) in [5.74, 6) is -1.19. The van der Waals surface area contributed by atoms with E-state index in [-0.39, 0.29) is 0 Å². The number of nitrogens with zero attached hydrogens (tertiary/aromatic N) is 3. The van der Waals surface area contributed by atoms with E-state index in [9.17, 15) is 24.7 Å². The van der Waals surface area contributed by atoms with Crippen LogP contribution in [0.3, 0.4) is 0 Å². The SMILES string of the molecule is Cc1ccc(NC(=O)N(O)C2N(c3ccc(C)cc3)C(=O)N(CC(=O)O)C2(C)C)cc1. The Kier molecular flexibility index (Phi) is 5.90. The molecular weight excluding hydrogens is 400 g/mol. The van der Waals surface area contributed by atoms with Crippen molar-refractivity contribution >= 4 is 29.4 Å². The van der Waals surface area contributed by atoms with Crippen molar-refractivity contribution in [3.8, 4) is 0 Å². The van der Waals surface area contributed by atoms with E-state index < -0.39 is 36.3 Å². The summed E-state index contributed by atoms with van der Waals surface area (Å²) in [7, 11) is 0. The fourth-order valence-electron chi connectivity index (χ4n) is 3.64. The van der Waals surface area contributed by atoms with Gasteiger partial charge in [-0.1, -0.05) is 35.4 Å². The first kappa shape index (κ1) is 22.1. The molecule has 3 N–H and O–H groups in total. The van der Waals surface area contributed by atoms with Gasteiger partial charge in [0.2, 0.25) is 0 Å². The fraction of sp³-hybridized carbons (Fsp3) is 0.318. The fourth-order valence-corrected chi connectivity index (χ4v) is 3.64. The highest BCUT2D eigenvalue weighted by Gasteiger charge is 2.56. The van der Waals surface area contributed by atoms with Crippen LogP contribution in [0.5, 0.6) is 0 Å². The zero-order chi connectivity index (χ0) is 22.9. The van der Waals surface area contributed by atoms with Crippen LogP contribution in [-0.4, -0.2) is 56.6 Å². The number of anilines is 2. The monoisotopic (exact) mass is 426 g/mol. The lowest BCUT2D eigenvalue weighted by molar-refractivity contribution is -0.140. The third-order valence-electron chi connectivity index (χ3n) is 5.36. The second-order valence-corrected chi connectivity index (χ2v) is 8.14. The Bertz CT molecular complexity index is 988. The Balaban J connectivity index is 1.98. The molecule has 2 aromatic rings. The molecule has 2 aromatic carbocycles. The maximum absolute atomic E-state index is 13.2. The van der Waals surface area contributed by atoms with Gasteiger partial charge in [-0.2, -0.15) is 5.06 Å². The quantitative estimate of drug-likeness (QED) is 0.499. The molecule has 164 valence electrons. The van der Waals surface area contributed by atoms with Gasteiger partial charge in [-0.25, -0.2) is 9.59 Å². The molecular formula is C22H26N4O5. The van der Waals surface area contributed by atoms with Gasteiger partial charge in [-0.05, 0) is 52.0 Å². The molecule has 4 amide bonds. The van der Waals surface area contributed by atoms with Gasteiger partial charge >= 0.3 is 18.0 Å². The number of urea groups is 2. The Hall–Kier alpha value is -3.59. The molecule has 1 saturated heterocycles. The normalized spacial score (nSPS) is 17.6. The van der Waals surface area contributed by atoms with Crippen molar-refractivity contribution in [1.82, 2.24) is 9.96 Å². The minimum Gasteiger partial charge on any atom is -0.480 e. The largest absolute Gasteiger partial charge is 0.480 e. The zero-order valence-electron chi connectivity index (χ0n) is 17.9. The molecule has 1 heterocycles. The van der Waals surface area contributed by atoms with Gasteiger partial charge in [0.15, 0.2) is 6.17 Å². The van der Waals surface area contributed by atoms with E-state index in [1.54, 1.807) is 50.2 Å². The summed E-state index contributed by atoms with van der Waals surface area (Å²) in [5, 5.41) is 23.2. The maximum atomic E-state index is 13.2. The molecule has 1 atom stereocenters. The molecule has 1 unspecified atom stereocenters. The Morgan fingerprint density at radius 3 is 2.06 bits per heavy atom. The number of nitrogens with one attached hydrogen (secondary N) is 1. The molecule has 0 aromatic heterocycles. The van der Waals surface area contributed by atoms with Gasteiger partial charge in [-0.3, -0.25) is 14.9 Å². The molecule has 1 aliphatic rings. The van der Waals surface area contributed by atoms with Crippen LogP contribution in [0.25, 0.3) is 0 Å². The van der Waals surface area contributed by atoms with E-state index in [2.05, 4.69) is 5.32 Å². The Morgan fingerprint density at radius 2 is 1.55 bits per heavy atom. The van der Waals surface area contributed by atoms with Crippen molar-refractivity contribution in [2.45, 2.75) is 39.4 Å². The number of carbonyl (C=O) groups excluding carboxylic acids is 2. The van der Waals surface area contributed by atoms with Crippen molar-refractivity contribution in [2.24, 2.45) is 0 Å². The van der Waals surface area contributed by atoms with E-state index in [1.807, 2.05) is 26.0 Å². The topological polar surface area (TPSA) is 113 Å². The molecule has 0 aliphatic carbocycles. The number of hydrogen-bond donors (Lipinski definition) is 3. The summed E-state index contributed by atoms with van der Waals surface area (Å²) >= 11 is 0. The van der Waals surface area contributed by atoms with Crippen LogP contribution < -0.4 is 10.2 Å². The Morgan fingerprint density at radius 1 is 1.03 bits per heavy atom. The molecule has 31 heavy (non-hydrogen) atoms. The van der Waals surface area contributed by atoms with Crippen LogP contribution in [0.1, 0.15) is 25.0 Å². The van der Waals surface area contributed by atoms with Gasteiger partial charge in [0.1, 0.15) is 6.54 Å². The molecule has 1 fully saturated rings. The number of benzene rings is 2. The van der Waals surface area contributed by atoms with Crippen LogP contribution >= 0.6 is 0 Å². The van der Waals surface area contributed by atoms with Gasteiger partial charge in [0, 0.05) is 11.4 Å². The number of aryl methyl sites for hydroxylation is 2. The third-order valence-corrected chi connectivity index (χ3v) is 5.36. The van der Waals surface area contributed by atoms with Crippen LogP contribution in [0.2, 0.25) is 0 Å². The zero-order valence-corrected chi connectivity index (χ0v) is 17.9. The summed E-state index contributed by atoms with van der Waals surface area (Å²) in [6.45, 7) is 6.44. The smallest absolute Gasteiger partial charge is 0.347 e. The van der Waals surface area contributed by atoms with E-state index >= 15 is 0 Å². The lowest BCUT2D eigenvalue weighted by Crippen LogP contribution is -2.58. The standard InChI is InChI=1S/C22H26N4O5/c1-14-5-9-16(10-6-14)23-20(29)26(31)19-22(3,4)24(13-18(27)28)21(30)25(19)17-11-7-15(2)8-12-17/h5-12,19,31H,13H2,1-4H3,(H,23,29)(H,27,28). The van der Waals surface area contributed by atoms with Crippen molar-refractivity contribution < 1.29 is 24.7 Å². The predicted octanol–water partition coefficient (Wildman–Crippen LogP) is 3.66. The second-order valence-electron chi connectivity index (χ2n) is 8.14. The molecule has 0 spiro atoms. The van der Waals surface area contributed by atoms with Crippen LogP contribution in [0.15, 0.2) is 48.5 Å². The number of aliphatic carboxylic acids is 1. The first-order chi connectivity index (χ1) is 14.5. The van der Waals surface area contributed by atoms with Crippen molar-refractivity contribution in [2.75, 3.05) is 16.8 Å². The minimum atomic E-state index is -1.21. The van der Waals surface area contributed by atoms with Crippen LogP contribution in [0.4, 0.5) is 21.0 Å². The van der Waals surface area contributed by atoms with Gasteiger partial charge < -0.3 is 15.3 Å². The average molecular weight is 426 g/mol. The lowest BCUT2D eigenvalue weighted by atomic mass is 9.99. The van der Waals surface area contributed by atoms with Crippen LogP contribution in [-0.2, 0) is 4.79 Å². The predicted molar refractivity (Wildman–Crippen MR) is 115 cm³/mol. The molecule has 3 rings (SSSR count). The average Bonchev–Trinajstić information content (AvgIpc) is 2.89.